The van der Waals surface area contributed by atoms with E-state index in [0.717, 1.165) is 4.47 Å². The summed E-state index contributed by atoms with van der Waals surface area (Å²) in [7, 11) is 0. The Hall–Kier alpha value is -1.40. The number of para-hydroxylation sites is 1. The Bertz CT molecular complexity index is 664. The third kappa shape index (κ3) is 4.28. The van der Waals surface area contributed by atoms with Crippen LogP contribution in [0.5, 0.6) is 5.75 Å². The fraction of sp³-hybridized carbons (Fsp3) is 0.133. The number of rotatable bonds is 4. The lowest BCUT2D eigenvalue weighted by Crippen LogP contribution is -2.30. The van der Waals surface area contributed by atoms with Gasteiger partial charge in [0.25, 0.3) is 5.91 Å². The number of halogens is 3. The first-order chi connectivity index (χ1) is 9.97. The number of ether oxygens (including phenoxy) is 1. The van der Waals surface area contributed by atoms with Crippen LogP contribution in [-0.2, 0) is 4.79 Å². The minimum atomic E-state index is -0.723. The van der Waals surface area contributed by atoms with Crippen LogP contribution in [0, 0.1) is 5.82 Å². The Morgan fingerprint density at radius 1 is 1.19 bits per heavy atom. The van der Waals surface area contributed by atoms with Crippen molar-refractivity contribution in [3.05, 3.63) is 57.2 Å². The Balaban J connectivity index is 2.04. The average molecular weight is 417 g/mol. The van der Waals surface area contributed by atoms with Crippen LogP contribution in [-0.4, -0.2) is 12.0 Å². The lowest BCUT2D eigenvalue weighted by atomic mass is 10.3. The molecule has 0 fully saturated rings. The molecule has 0 spiro atoms. The van der Waals surface area contributed by atoms with Gasteiger partial charge in [0.2, 0.25) is 0 Å². The molecule has 21 heavy (non-hydrogen) atoms. The number of amides is 1. The Morgan fingerprint density at radius 2 is 1.90 bits per heavy atom. The summed E-state index contributed by atoms with van der Waals surface area (Å²) < 4.78 is 19.8. The summed E-state index contributed by atoms with van der Waals surface area (Å²) >= 11 is 6.55. The van der Waals surface area contributed by atoms with Crippen molar-refractivity contribution in [2.24, 2.45) is 0 Å². The second-order valence-electron chi connectivity index (χ2n) is 4.30. The molecule has 0 aliphatic carbocycles. The number of carbonyl (C=O) groups is 1. The molecule has 1 atom stereocenters. The summed E-state index contributed by atoms with van der Waals surface area (Å²) in [5.41, 5.74) is 0.663. The average Bonchev–Trinajstić information content (AvgIpc) is 2.44. The summed E-state index contributed by atoms with van der Waals surface area (Å²) in [6, 6.07) is 11.3. The molecule has 2 aromatic carbocycles. The molecule has 1 N–H and O–H groups in total. The highest BCUT2D eigenvalue weighted by atomic mass is 79.9. The van der Waals surface area contributed by atoms with Crippen molar-refractivity contribution >= 4 is 43.5 Å². The number of hydrogen-bond donors (Lipinski definition) is 1. The third-order valence-corrected chi connectivity index (χ3v) is 4.01. The molecule has 0 bridgehead atoms. The summed E-state index contributed by atoms with van der Waals surface area (Å²) in [4.78, 5) is 12.1. The van der Waals surface area contributed by atoms with Gasteiger partial charge in [0.05, 0.1) is 10.2 Å². The van der Waals surface area contributed by atoms with Crippen molar-refractivity contribution in [2.75, 3.05) is 5.32 Å². The smallest absolute Gasteiger partial charge is 0.265 e. The monoisotopic (exact) mass is 415 g/mol. The maximum atomic E-state index is 13.0. The fourth-order valence-electron chi connectivity index (χ4n) is 1.61. The van der Waals surface area contributed by atoms with Gasteiger partial charge in [-0.15, -0.1) is 0 Å². The van der Waals surface area contributed by atoms with Gasteiger partial charge in [-0.3, -0.25) is 4.79 Å². The van der Waals surface area contributed by atoms with E-state index in [1.54, 1.807) is 13.0 Å². The van der Waals surface area contributed by atoms with Crippen molar-refractivity contribution in [2.45, 2.75) is 13.0 Å². The largest absolute Gasteiger partial charge is 0.480 e. The van der Waals surface area contributed by atoms with Crippen molar-refractivity contribution in [1.29, 1.82) is 0 Å². The molecule has 1 unspecified atom stereocenters. The van der Waals surface area contributed by atoms with Crippen LogP contribution in [0.2, 0.25) is 0 Å². The molecular weight excluding hydrogens is 405 g/mol. The van der Waals surface area contributed by atoms with Crippen molar-refractivity contribution < 1.29 is 13.9 Å². The minimum Gasteiger partial charge on any atom is -0.480 e. The molecule has 2 aromatic rings. The van der Waals surface area contributed by atoms with E-state index in [-0.39, 0.29) is 11.7 Å². The van der Waals surface area contributed by atoms with E-state index in [0.29, 0.717) is 15.9 Å². The zero-order valence-corrected chi connectivity index (χ0v) is 14.2. The van der Waals surface area contributed by atoms with E-state index < -0.39 is 6.10 Å². The van der Waals surface area contributed by atoms with E-state index in [1.165, 1.54) is 18.2 Å². The standard InChI is InChI=1S/C15H12Br2FNO2/c1-9(21-14-7-6-10(18)8-12(14)17)15(20)19-13-5-3-2-4-11(13)16/h2-9H,1H3,(H,19,20). The number of benzene rings is 2. The lowest BCUT2D eigenvalue weighted by Gasteiger charge is -2.16. The zero-order chi connectivity index (χ0) is 15.4. The lowest BCUT2D eigenvalue weighted by molar-refractivity contribution is -0.122. The van der Waals surface area contributed by atoms with Gasteiger partial charge < -0.3 is 10.1 Å². The van der Waals surface area contributed by atoms with Gasteiger partial charge in [-0.2, -0.15) is 0 Å². The Labute approximate surface area is 138 Å². The first-order valence-electron chi connectivity index (χ1n) is 6.14. The van der Waals surface area contributed by atoms with Gasteiger partial charge in [-0.1, -0.05) is 12.1 Å². The summed E-state index contributed by atoms with van der Waals surface area (Å²) in [6.07, 6.45) is -0.723. The zero-order valence-electron chi connectivity index (χ0n) is 11.1. The van der Waals surface area contributed by atoms with Crippen LogP contribution in [0.4, 0.5) is 10.1 Å². The van der Waals surface area contributed by atoms with Crippen molar-refractivity contribution in [3.63, 3.8) is 0 Å². The van der Waals surface area contributed by atoms with Crippen molar-refractivity contribution in [3.8, 4) is 5.75 Å². The first-order valence-corrected chi connectivity index (χ1v) is 7.73. The van der Waals surface area contributed by atoms with Gasteiger partial charge in [0, 0.05) is 4.47 Å². The molecule has 0 heterocycles. The maximum absolute atomic E-state index is 13.0. The topological polar surface area (TPSA) is 38.3 Å². The molecule has 0 aromatic heterocycles. The van der Waals surface area contributed by atoms with Crippen LogP contribution >= 0.6 is 31.9 Å². The number of nitrogens with one attached hydrogen (secondary N) is 1. The number of carbonyl (C=O) groups excluding carboxylic acids is 1. The van der Waals surface area contributed by atoms with Crippen LogP contribution in [0.3, 0.4) is 0 Å². The van der Waals surface area contributed by atoms with E-state index in [4.69, 9.17) is 4.74 Å². The second-order valence-corrected chi connectivity index (χ2v) is 6.01. The molecular formula is C15H12Br2FNO2. The summed E-state index contributed by atoms with van der Waals surface area (Å²) in [6.45, 7) is 1.63. The second kappa shape index (κ2) is 7.04. The quantitative estimate of drug-likeness (QED) is 0.780. The highest BCUT2D eigenvalue weighted by Gasteiger charge is 2.17. The molecule has 0 aliphatic rings. The molecule has 0 saturated heterocycles. The predicted molar refractivity (Wildman–Crippen MR) is 87.0 cm³/mol. The number of hydrogen-bond acceptors (Lipinski definition) is 2. The summed E-state index contributed by atoms with van der Waals surface area (Å²) in [5, 5.41) is 2.76. The molecule has 6 heteroatoms. The molecule has 110 valence electrons. The summed E-state index contributed by atoms with van der Waals surface area (Å²) in [5.74, 6) is -0.260. The van der Waals surface area contributed by atoms with E-state index >= 15 is 0 Å². The normalized spacial score (nSPS) is 11.8. The Kier molecular flexibility index (Phi) is 5.36. The van der Waals surface area contributed by atoms with Gasteiger partial charge in [-0.25, -0.2) is 4.39 Å². The van der Waals surface area contributed by atoms with Gasteiger partial charge in [0.15, 0.2) is 6.10 Å². The van der Waals surface area contributed by atoms with E-state index in [2.05, 4.69) is 37.2 Å². The third-order valence-electron chi connectivity index (χ3n) is 2.70. The first kappa shape index (κ1) is 16.0. The molecule has 0 saturated carbocycles. The molecule has 1 amide bonds. The molecule has 3 nitrogen and oxygen atoms in total. The van der Waals surface area contributed by atoms with Crippen LogP contribution in [0.1, 0.15) is 6.92 Å². The fourth-order valence-corrected chi connectivity index (χ4v) is 2.44. The highest BCUT2D eigenvalue weighted by molar-refractivity contribution is 9.11. The highest BCUT2D eigenvalue weighted by Crippen LogP contribution is 2.27. The van der Waals surface area contributed by atoms with Crippen LogP contribution in [0.25, 0.3) is 0 Å². The number of anilines is 1. The van der Waals surface area contributed by atoms with Crippen LogP contribution < -0.4 is 10.1 Å². The van der Waals surface area contributed by atoms with E-state index in [9.17, 15) is 9.18 Å². The van der Waals surface area contributed by atoms with Gasteiger partial charge >= 0.3 is 0 Å². The van der Waals surface area contributed by atoms with E-state index in [1.807, 2.05) is 18.2 Å². The van der Waals surface area contributed by atoms with Gasteiger partial charge in [0.1, 0.15) is 11.6 Å². The molecule has 0 radical (unpaired) electrons. The van der Waals surface area contributed by atoms with Crippen LogP contribution in [0.15, 0.2) is 51.4 Å². The minimum absolute atomic E-state index is 0.293. The maximum Gasteiger partial charge on any atom is 0.265 e. The molecule has 2 rings (SSSR count). The van der Waals surface area contributed by atoms with Crippen molar-refractivity contribution in [1.82, 2.24) is 0 Å². The molecule has 0 aliphatic heterocycles. The Morgan fingerprint density at radius 3 is 2.57 bits per heavy atom. The van der Waals surface area contributed by atoms with Gasteiger partial charge in [-0.05, 0) is 69.1 Å². The SMILES string of the molecule is CC(Oc1ccc(F)cc1Br)C(=O)Nc1ccccc1Br. The predicted octanol–water partition coefficient (Wildman–Crippen LogP) is 4.76.